The van der Waals surface area contributed by atoms with Crippen LogP contribution in [0.5, 0.6) is 0 Å². The van der Waals surface area contributed by atoms with Crippen molar-refractivity contribution in [3.05, 3.63) is 15.6 Å². The molecule has 2 rings (SSSR count). The molecule has 0 bridgehead atoms. The van der Waals surface area contributed by atoms with E-state index in [2.05, 4.69) is 10.3 Å². The van der Waals surface area contributed by atoms with E-state index in [0.717, 1.165) is 23.5 Å². The third-order valence-electron chi connectivity index (χ3n) is 3.86. The third kappa shape index (κ3) is 3.56. The highest BCUT2D eigenvalue weighted by molar-refractivity contribution is 7.13. The molecule has 1 fully saturated rings. The van der Waals surface area contributed by atoms with Gasteiger partial charge in [-0.2, -0.15) is 0 Å². The number of nitrogens with zero attached hydrogens (tertiary/aromatic N) is 1. The largest absolute Gasteiger partial charge is 0.481 e. The summed E-state index contributed by atoms with van der Waals surface area (Å²) in [6, 6.07) is 0. The van der Waals surface area contributed by atoms with Crippen molar-refractivity contribution < 1.29 is 14.7 Å². The Bertz CT molecular complexity index is 505. The van der Waals surface area contributed by atoms with Gasteiger partial charge in [0.05, 0.1) is 16.6 Å². The Morgan fingerprint density at radius 1 is 1.30 bits per heavy atom. The molecule has 1 aliphatic rings. The molecule has 0 atom stereocenters. The van der Waals surface area contributed by atoms with Crippen LogP contribution in [-0.4, -0.2) is 28.5 Å². The Balaban J connectivity index is 1.80. The number of hydrogen-bond acceptors (Lipinski definition) is 4. The van der Waals surface area contributed by atoms with Crippen molar-refractivity contribution in [1.82, 2.24) is 10.3 Å². The maximum absolute atomic E-state index is 12.1. The average Bonchev–Trinajstić information content (AvgIpc) is 2.75. The van der Waals surface area contributed by atoms with E-state index in [1.54, 1.807) is 0 Å². The van der Waals surface area contributed by atoms with Gasteiger partial charge in [0.25, 0.3) is 5.91 Å². The molecule has 0 aliphatic heterocycles. The van der Waals surface area contributed by atoms with Crippen LogP contribution in [0.4, 0.5) is 0 Å². The topological polar surface area (TPSA) is 79.3 Å². The van der Waals surface area contributed by atoms with Crippen LogP contribution in [0, 0.1) is 25.7 Å². The minimum atomic E-state index is -0.691. The fraction of sp³-hybridized carbons (Fsp3) is 0.643. The molecule has 0 saturated heterocycles. The van der Waals surface area contributed by atoms with Gasteiger partial charge in [-0.3, -0.25) is 9.59 Å². The minimum Gasteiger partial charge on any atom is -0.481 e. The maximum atomic E-state index is 12.1. The lowest BCUT2D eigenvalue weighted by Crippen LogP contribution is -2.32. The Labute approximate surface area is 122 Å². The van der Waals surface area contributed by atoms with E-state index in [4.69, 9.17) is 5.11 Å². The number of carbonyl (C=O) groups is 2. The molecule has 0 unspecified atom stereocenters. The fourth-order valence-corrected chi connectivity index (χ4v) is 3.51. The number of thiazole rings is 1. The first-order chi connectivity index (χ1) is 9.47. The lowest BCUT2D eigenvalue weighted by molar-refractivity contribution is -0.143. The number of aryl methyl sites for hydroxylation is 2. The van der Waals surface area contributed by atoms with Crippen LogP contribution in [0.25, 0.3) is 0 Å². The van der Waals surface area contributed by atoms with Crippen LogP contribution >= 0.6 is 11.3 Å². The van der Waals surface area contributed by atoms with E-state index < -0.39 is 5.97 Å². The van der Waals surface area contributed by atoms with Crippen molar-refractivity contribution in [1.29, 1.82) is 0 Å². The first kappa shape index (κ1) is 15.0. The van der Waals surface area contributed by atoms with E-state index in [-0.39, 0.29) is 11.8 Å². The second-order valence-corrected chi connectivity index (χ2v) is 6.62. The highest BCUT2D eigenvalue weighted by Crippen LogP contribution is 2.28. The van der Waals surface area contributed by atoms with Gasteiger partial charge in [-0.15, -0.1) is 11.3 Å². The maximum Gasteiger partial charge on any atom is 0.306 e. The van der Waals surface area contributed by atoms with Crippen molar-refractivity contribution in [2.24, 2.45) is 11.8 Å². The van der Waals surface area contributed by atoms with Crippen molar-refractivity contribution in [3.8, 4) is 0 Å². The minimum absolute atomic E-state index is 0.0616. The molecular formula is C14H20N2O3S. The molecule has 110 valence electrons. The molecule has 1 aliphatic carbocycles. The molecule has 0 radical (unpaired) electrons. The van der Waals surface area contributed by atoms with Gasteiger partial charge < -0.3 is 10.4 Å². The summed E-state index contributed by atoms with van der Waals surface area (Å²) < 4.78 is 0. The van der Waals surface area contributed by atoms with Gasteiger partial charge in [-0.25, -0.2) is 4.98 Å². The zero-order valence-corrected chi connectivity index (χ0v) is 12.6. The van der Waals surface area contributed by atoms with Crippen molar-refractivity contribution in [2.45, 2.75) is 39.5 Å². The van der Waals surface area contributed by atoms with E-state index in [9.17, 15) is 9.59 Å². The van der Waals surface area contributed by atoms with E-state index in [0.29, 0.717) is 30.2 Å². The number of nitrogens with one attached hydrogen (secondary N) is 1. The number of amides is 1. The highest BCUT2D eigenvalue weighted by atomic mass is 32.1. The van der Waals surface area contributed by atoms with E-state index >= 15 is 0 Å². The summed E-state index contributed by atoms with van der Waals surface area (Å²) in [5, 5.41) is 12.8. The molecule has 0 aromatic carbocycles. The summed E-state index contributed by atoms with van der Waals surface area (Å²) in [4.78, 5) is 27.9. The number of aromatic nitrogens is 1. The molecule has 1 saturated carbocycles. The van der Waals surface area contributed by atoms with Gasteiger partial charge in [-0.1, -0.05) is 0 Å². The summed E-state index contributed by atoms with van der Waals surface area (Å²) in [6.45, 7) is 4.36. The van der Waals surface area contributed by atoms with Gasteiger partial charge in [0, 0.05) is 6.54 Å². The van der Waals surface area contributed by atoms with Gasteiger partial charge >= 0.3 is 5.97 Å². The summed E-state index contributed by atoms with van der Waals surface area (Å²) >= 11 is 1.41. The molecule has 0 spiro atoms. The van der Waals surface area contributed by atoms with E-state index in [1.165, 1.54) is 11.3 Å². The fourth-order valence-electron chi connectivity index (χ4n) is 2.67. The summed E-state index contributed by atoms with van der Waals surface area (Å²) in [5.41, 5.74) is 0.777. The number of carboxylic acid groups (broad SMARTS) is 1. The molecule has 2 N–H and O–H groups in total. The standard InChI is InChI=1S/C14H20N2O3S/c1-8-12(20-9(2)16-8)13(17)15-7-10-3-5-11(6-4-10)14(18)19/h10-11H,3-7H2,1-2H3,(H,15,17)(H,18,19). The second kappa shape index (κ2) is 6.35. The zero-order valence-electron chi connectivity index (χ0n) is 11.8. The first-order valence-corrected chi connectivity index (χ1v) is 7.74. The molecule has 5 nitrogen and oxygen atoms in total. The average molecular weight is 296 g/mol. The Morgan fingerprint density at radius 2 is 1.95 bits per heavy atom. The number of carbonyl (C=O) groups excluding carboxylic acids is 1. The number of hydrogen-bond donors (Lipinski definition) is 2. The molecule has 1 aromatic rings. The smallest absolute Gasteiger partial charge is 0.306 e. The van der Waals surface area contributed by atoms with Crippen molar-refractivity contribution in [3.63, 3.8) is 0 Å². The Morgan fingerprint density at radius 3 is 2.45 bits per heavy atom. The monoisotopic (exact) mass is 296 g/mol. The van der Waals surface area contributed by atoms with Gasteiger partial charge in [0.15, 0.2) is 0 Å². The molecule has 1 heterocycles. The van der Waals surface area contributed by atoms with E-state index in [1.807, 2.05) is 13.8 Å². The third-order valence-corrected chi connectivity index (χ3v) is 4.93. The SMILES string of the molecule is Cc1nc(C)c(C(=O)NCC2CCC(C(=O)O)CC2)s1. The predicted molar refractivity (Wildman–Crippen MR) is 77.0 cm³/mol. The Kier molecular flexibility index (Phi) is 4.75. The summed E-state index contributed by atoms with van der Waals surface area (Å²) in [6.07, 6.45) is 3.18. The van der Waals surface area contributed by atoms with Crippen LogP contribution < -0.4 is 5.32 Å². The normalized spacial score (nSPS) is 22.5. The lowest BCUT2D eigenvalue weighted by Gasteiger charge is -2.26. The highest BCUT2D eigenvalue weighted by Gasteiger charge is 2.26. The van der Waals surface area contributed by atoms with Crippen LogP contribution in [-0.2, 0) is 4.79 Å². The summed E-state index contributed by atoms with van der Waals surface area (Å²) in [7, 11) is 0. The number of carboxylic acids is 1. The molecule has 1 aromatic heterocycles. The summed E-state index contributed by atoms with van der Waals surface area (Å²) in [5.74, 6) is -0.561. The van der Waals surface area contributed by atoms with Crippen LogP contribution in [0.1, 0.15) is 46.1 Å². The van der Waals surface area contributed by atoms with Crippen LogP contribution in [0.15, 0.2) is 0 Å². The van der Waals surface area contributed by atoms with Gasteiger partial charge in [-0.05, 0) is 45.4 Å². The first-order valence-electron chi connectivity index (χ1n) is 6.92. The molecule has 1 amide bonds. The number of aliphatic carboxylic acids is 1. The van der Waals surface area contributed by atoms with Crippen molar-refractivity contribution in [2.75, 3.05) is 6.54 Å². The Hall–Kier alpha value is -1.43. The van der Waals surface area contributed by atoms with Gasteiger partial charge in [0.2, 0.25) is 0 Å². The molecule has 6 heteroatoms. The predicted octanol–water partition coefficient (Wildman–Crippen LogP) is 2.38. The van der Waals surface area contributed by atoms with Crippen LogP contribution in [0.2, 0.25) is 0 Å². The molecule has 20 heavy (non-hydrogen) atoms. The molecular weight excluding hydrogens is 276 g/mol. The number of rotatable bonds is 4. The quantitative estimate of drug-likeness (QED) is 0.894. The lowest BCUT2D eigenvalue weighted by atomic mass is 9.82. The van der Waals surface area contributed by atoms with Crippen LogP contribution in [0.3, 0.4) is 0 Å². The zero-order chi connectivity index (χ0) is 14.7. The van der Waals surface area contributed by atoms with Gasteiger partial charge in [0.1, 0.15) is 4.88 Å². The van der Waals surface area contributed by atoms with Crippen molar-refractivity contribution >= 4 is 23.2 Å². The second-order valence-electron chi connectivity index (χ2n) is 5.41.